The van der Waals surface area contributed by atoms with Crippen LogP contribution in [0.4, 0.5) is 0 Å². The van der Waals surface area contributed by atoms with E-state index in [9.17, 15) is 9.59 Å². The maximum Gasteiger partial charge on any atom is 0.309 e. The van der Waals surface area contributed by atoms with Gasteiger partial charge in [0.25, 0.3) is 0 Å². The maximum atomic E-state index is 12.7. The fraction of sp³-hybridized carbons (Fsp3) is 0.725. The maximum absolute atomic E-state index is 12.7. The molecule has 322 valence electrons. The molecule has 0 heterocycles. The number of hydrogen-bond donors (Lipinski definition) is 0. The van der Waals surface area contributed by atoms with Gasteiger partial charge in [0.1, 0.15) is 6.61 Å². The summed E-state index contributed by atoms with van der Waals surface area (Å²) in [4.78, 5) is 25.2. The van der Waals surface area contributed by atoms with E-state index >= 15 is 0 Å². The van der Waals surface area contributed by atoms with E-state index in [1.807, 2.05) is 12.2 Å². The van der Waals surface area contributed by atoms with Crippen molar-refractivity contribution in [2.45, 2.75) is 219 Å². The third-order valence-electron chi connectivity index (χ3n) is 9.76. The lowest BCUT2D eigenvalue weighted by Gasteiger charge is -2.18. The summed E-state index contributed by atoms with van der Waals surface area (Å²) in [5.41, 5.74) is 0. The van der Waals surface area contributed by atoms with Gasteiger partial charge in [0.15, 0.2) is 6.10 Å². The molecule has 0 rings (SSSR count). The summed E-state index contributed by atoms with van der Waals surface area (Å²) >= 11 is 0. The fourth-order valence-electron chi connectivity index (χ4n) is 6.27. The molecule has 0 N–H and O–H groups in total. The number of carbonyl (C=O) groups excluding carboxylic acids is 2. The average molecular weight is 781 g/mol. The summed E-state index contributed by atoms with van der Waals surface area (Å²) in [6, 6.07) is 0. The lowest BCUT2D eigenvalue weighted by atomic mass is 10.0. The van der Waals surface area contributed by atoms with Gasteiger partial charge in [-0.1, -0.05) is 209 Å². The molecule has 1 atom stereocenters. The summed E-state index contributed by atoms with van der Waals surface area (Å²) in [6.45, 7) is 7.56. The molecule has 0 spiro atoms. The quantitative estimate of drug-likeness (QED) is 0.0351. The molecule has 1 unspecified atom stereocenters. The van der Waals surface area contributed by atoms with Crippen molar-refractivity contribution < 1.29 is 23.8 Å². The Labute approximate surface area is 347 Å². The third kappa shape index (κ3) is 44.1. The molecule has 0 bridgehead atoms. The Morgan fingerprint density at radius 2 is 0.875 bits per heavy atom. The SMILES string of the molecule is CC/C=C\C/C=C\C/C=C\C/C=C\C/C=C\CC(=O)OCC(COCCCCCCCC/C=C\CCCC)OC(=O)CCCCCCCCCCCCCCC. The van der Waals surface area contributed by atoms with E-state index in [0.717, 1.165) is 57.8 Å². The van der Waals surface area contributed by atoms with Crippen LogP contribution in [-0.4, -0.2) is 37.9 Å². The van der Waals surface area contributed by atoms with Gasteiger partial charge in [-0.15, -0.1) is 0 Å². The summed E-state index contributed by atoms with van der Waals surface area (Å²) in [7, 11) is 0. The number of esters is 2. The molecule has 0 aromatic heterocycles. The molecule has 5 nitrogen and oxygen atoms in total. The first kappa shape index (κ1) is 53.3. The van der Waals surface area contributed by atoms with E-state index < -0.39 is 6.10 Å². The lowest BCUT2D eigenvalue weighted by molar-refractivity contribution is -0.162. The number of ether oxygens (including phenoxy) is 3. The van der Waals surface area contributed by atoms with Gasteiger partial charge in [-0.25, -0.2) is 0 Å². The molecule has 0 amide bonds. The molecule has 56 heavy (non-hydrogen) atoms. The van der Waals surface area contributed by atoms with Crippen molar-refractivity contribution >= 4 is 11.9 Å². The van der Waals surface area contributed by atoms with Crippen LogP contribution in [0.5, 0.6) is 0 Å². The first-order chi connectivity index (χ1) is 27.6. The van der Waals surface area contributed by atoms with Crippen molar-refractivity contribution in [2.24, 2.45) is 0 Å². The second kappa shape index (κ2) is 46.7. The molecule has 5 heteroatoms. The van der Waals surface area contributed by atoms with Crippen LogP contribution in [0.1, 0.15) is 213 Å². The molecule has 0 radical (unpaired) electrons. The molecule has 0 aromatic carbocycles. The second-order valence-corrected chi connectivity index (χ2v) is 15.3. The zero-order valence-electron chi connectivity index (χ0n) is 36.9. The molecule has 0 aliphatic carbocycles. The van der Waals surface area contributed by atoms with E-state index in [-0.39, 0.29) is 31.6 Å². The third-order valence-corrected chi connectivity index (χ3v) is 9.76. The van der Waals surface area contributed by atoms with E-state index in [0.29, 0.717) is 13.0 Å². The van der Waals surface area contributed by atoms with E-state index in [1.54, 1.807) is 0 Å². The van der Waals surface area contributed by atoms with Crippen molar-refractivity contribution in [1.82, 2.24) is 0 Å². The highest BCUT2D eigenvalue weighted by molar-refractivity contribution is 5.71. The molecular weight excluding hydrogens is 693 g/mol. The Hall–Kier alpha value is -2.66. The Kier molecular flexibility index (Phi) is 44.5. The summed E-state index contributed by atoms with van der Waals surface area (Å²) in [6.07, 6.45) is 59.2. The second-order valence-electron chi connectivity index (χ2n) is 15.3. The van der Waals surface area contributed by atoms with Gasteiger partial charge >= 0.3 is 11.9 Å². The van der Waals surface area contributed by atoms with Gasteiger partial charge in [-0.05, 0) is 64.2 Å². The molecule has 0 aliphatic rings. The van der Waals surface area contributed by atoms with E-state index in [1.165, 1.54) is 122 Å². The largest absolute Gasteiger partial charge is 0.461 e. The minimum atomic E-state index is -0.577. The molecule has 0 fully saturated rings. The Balaban J connectivity index is 4.39. The topological polar surface area (TPSA) is 61.8 Å². The van der Waals surface area contributed by atoms with Crippen LogP contribution in [0.3, 0.4) is 0 Å². The van der Waals surface area contributed by atoms with Crippen LogP contribution in [0.25, 0.3) is 0 Å². The van der Waals surface area contributed by atoms with Crippen LogP contribution in [-0.2, 0) is 23.8 Å². The summed E-state index contributed by atoms with van der Waals surface area (Å²) in [5, 5.41) is 0. The highest BCUT2D eigenvalue weighted by atomic mass is 16.6. The predicted molar refractivity (Wildman–Crippen MR) is 242 cm³/mol. The Morgan fingerprint density at radius 1 is 0.429 bits per heavy atom. The zero-order chi connectivity index (χ0) is 40.7. The van der Waals surface area contributed by atoms with Crippen molar-refractivity contribution in [2.75, 3.05) is 19.8 Å². The standard InChI is InChI=1S/C51H88O5/c1-4-7-10-13-16-19-22-25-26-28-29-32-35-38-41-44-50(52)55-48-49(47-54-46-43-40-37-34-31-24-21-18-15-12-9-6-3)56-51(53)45-42-39-36-33-30-27-23-20-17-14-11-8-5-2/h7,10,15-16,18-19,25-26,29,32,38,41,49H,4-6,8-9,11-14,17,20-24,27-28,30-31,33-37,39-40,42-48H2,1-3H3/b10-7-,18-15-,19-16-,26-25-,32-29-,41-38-. The summed E-state index contributed by atoms with van der Waals surface area (Å²) in [5.74, 6) is -0.545. The minimum absolute atomic E-state index is 0.0285. The number of unbranched alkanes of at least 4 members (excludes halogenated alkanes) is 20. The van der Waals surface area contributed by atoms with Gasteiger partial charge in [0, 0.05) is 13.0 Å². The van der Waals surface area contributed by atoms with Crippen molar-refractivity contribution in [3.8, 4) is 0 Å². The van der Waals surface area contributed by atoms with Gasteiger partial charge in [-0.3, -0.25) is 9.59 Å². The highest BCUT2D eigenvalue weighted by Crippen LogP contribution is 2.14. The Morgan fingerprint density at radius 3 is 1.41 bits per heavy atom. The van der Waals surface area contributed by atoms with Crippen molar-refractivity contribution in [1.29, 1.82) is 0 Å². The zero-order valence-corrected chi connectivity index (χ0v) is 36.9. The van der Waals surface area contributed by atoms with Crippen LogP contribution in [0.2, 0.25) is 0 Å². The highest BCUT2D eigenvalue weighted by Gasteiger charge is 2.17. The van der Waals surface area contributed by atoms with Crippen LogP contribution >= 0.6 is 0 Å². The first-order valence-corrected chi connectivity index (χ1v) is 23.5. The fourth-order valence-corrected chi connectivity index (χ4v) is 6.27. The van der Waals surface area contributed by atoms with Crippen molar-refractivity contribution in [3.63, 3.8) is 0 Å². The number of carbonyl (C=O) groups is 2. The van der Waals surface area contributed by atoms with Crippen LogP contribution in [0.15, 0.2) is 72.9 Å². The lowest BCUT2D eigenvalue weighted by Crippen LogP contribution is -2.30. The Bertz CT molecular complexity index is 1020. The van der Waals surface area contributed by atoms with Crippen LogP contribution in [0, 0.1) is 0 Å². The van der Waals surface area contributed by atoms with E-state index in [2.05, 4.69) is 81.5 Å². The van der Waals surface area contributed by atoms with E-state index in [4.69, 9.17) is 14.2 Å². The summed E-state index contributed by atoms with van der Waals surface area (Å²) < 4.78 is 17.2. The smallest absolute Gasteiger partial charge is 0.309 e. The van der Waals surface area contributed by atoms with Gasteiger partial charge < -0.3 is 14.2 Å². The normalized spacial score (nSPS) is 12.8. The number of allylic oxidation sites excluding steroid dienone is 11. The minimum Gasteiger partial charge on any atom is -0.461 e. The number of rotatable bonds is 42. The molecule has 0 saturated carbocycles. The van der Waals surface area contributed by atoms with Crippen LogP contribution < -0.4 is 0 Å². The molecule has 0 saturated heterocycles. The van der Waals surface area contributed by atoms with Crippen molar-refractivity contribution in [3.05, 3.63) is 72.9 Å². The van der Waals surface area contributed by atoms with Gasteiger partial charge in [-0.2, -0.15) is 0 Å². The predicted octanol–water partition coefficient (Wildman–Crippen LogP) is 15.6. The molecule has 0 aromatic rings. The monoisotopic (exact) mass is 781 g/mol. The average Bonchev–Trinajstić information content (AvgIpc) is 3.20. The number of hydrogen-bond acceptors (Lipinski definition) is 5. The molecule has 0 aliphatic heterocycles. The molecular formula is C51H88O5. The van der Waals surface area contributed by atoms with Gasteiger partial charge in [0.2, 0.25) is 0 Å². The first-order valence-electron chi connectivity index (χ1n) is 23.5. The van der Waals surface area contributed by atoms with Gasteiger partial charge in [0.05, 0.1) is 13.0 Å².